The zero-order valence-electron chi connectivity index (χ0n) is 55.8. The van der Waals surface area contributed by atoms with Gasteiger partial charge < -0.3 is 97.1 Å². The Kier molecular flexibility index (Phi) is 24.5. The maximum Gasteiger partial charge on any atom is 0.340 e. The molecule has 1 spiro atoms. The van der Waals surface area contributed by atoms with Crippen LogP contribution in [0.4, 0.5) is 5.69 Å². The molecule has 8 atom stereocenters. The van der Waals surface area contributed by atoms with Crippen molar-refractivity contribution in [3.8, 4) is 23.0 Å². The van der Waals surface area contributed by atoms with Crippen LogP contribution in [0.25, 0.3) is 0 Å². The van der Waals surface area contributed by atoms with Crippen molar-refractivity contribution in [2.75, 3.05) is 57.7 Å². The zero-order chi connectivity index (χ0) is 73.0. The summed E-state index contributed by atoms with van der Waals surface area (Å²) in [4.78, 5) is 184. The Morgan fingerprint density at radius 1 is 0.703 bits per heavy atom. The van der Waals surface area contributed by atoms with Gasteiger partial charge in [0.2, 0.25) is 59.1 Å². The number of nitrogens with one attached hydrogen (secondary N) is 6. The van der Waals surface area contributed by atoms with Gasteiger partial charge >= 0.3 is 17.9 Å². The van der Waals surface area contributed by atoms with Crippen LogP contribution in [0.2, 0.25) is 0 Å². The number of thiocarbonyl (C=S) groups is 1. The molecule has 3 aromatic rings. The molecule has 6 heterocycles. The first-order valence-electron chi connectivity index (χ1n) is 33.7. The molecular formula is C68H84N12O20S. The maximum atomic E-state index is 14.7. The number of allylic oxidation sites excluding steroid dienone is 1. The van der Waals surface area contributed by atoms with Crippen molar-refractivity contribution >= 4 is 100.0 Å². The number of phenols is 2. The molecular weight excluding hydrogens is 1340 g/mol. The predicted octanol–water partition coefficient (Wildman–Crippen LogP) is 0.658. The number of aromatic hydroxyl groups is 2. The van der Waals surface area contributed by atoms with Crippen LogP contribution in [-0.4, -0.2) is 233 Å². The van der Waals surface area contributed by atoms with Crippen LogP contribution in [0.1, 0.15) is 137 Å². The first-order valence-corrected chi connectivity index (χ1v) is 34.1. The number of unbranched alkanes of at least 4 members (excludes halogenated alkanes) is 1. The first kappa shape index (κ1) is 74.8. The largest absolute Gasteiger partial charge is 0.508 e. The Morgan fingerprint density at radius 3 is 1.96 bits per heavy atom. The molecule has 13 N–H and O–H groups in total. The Balaban J connectivity index is 0.923. The van der Waals surface area contributed by atoms with Crippen molar-refractivity contribution in [2.45, 2.75) is 164 Å². The summed E-state index contributed by atoms with van der Waals surface area (Å²) in [6.45, 7) is 1.37. The third-order valence-corrected chi connectivity index (χ3v) is 18.9. The summed E-state index contributed by atoms with van der Waals surface area (Å²) in [7, 11) is 0. The summed E-state index contributed by atoms with van der Waals surface area (Å²) in [5, 5.41) is 67.1. The van der Waals surface area contributed by atoms with Crippen molar-refractivity contribution in [2.24, 2.45) is 5.73 Å². The van der Waals surface area contributed by atoms with E-state index in [-0.39, 0.29) is 131 Å². The number of phenolic OH excluding ortho intramolecular Hbond substituents is 2. The Labute approximate surface area is 585 Å². The van der Waals surface area contributed by atoms with Crippen molar-refractivity contribution < 1.29 is 97.3 Å². The van der Waals surface area contributed by atoms with Crippen LogP contribution in [0.5, 0.6) is 23.0 Å². The summed E-state index contributed by atoms with van der Waals surface area (Å²) in [6, 6.07) is 4.24. The lowest BCUT2D eigenvalue weighted by atomic mass is 9.77. The molecule has 32 nitrogen and oxygen atoms in total. The van der Waals surface area contributed by atoms with E-state index in [4.69, 9.17) is 27.4 Å². The van der Waals surface area contributed by atoms with E-state index < -0.39 is 163 Å². The van der Waals surface area contributed by atoms with Crippen molar-refractivity contribution in [3.05, 3.63) is 89.0 Å². The molecule has 3 fully saturated rings. The highest BCUT2D eigenvalue weighted by molar-refractivity contribution is 7.80. The average molecular weight is 1420 g/mol. The lowest BCUT2D eigenvalue weighted by Crippen LogP contribution is -2.61. The number of hydrogen-bond acceptors (Lipinski definition) is 19. The number of benzene rings is 3. The molecule has 9 rings (SSSR count). The van der Waals surface area contributed by atoms with E-state index in [1.807, 2.05) is 0 Å². The Hall–Kier alpha value is -10.4. The summed E-state index contributed by atoms with van der Waals surface area (Å²) in [6.07, 6.45) is 2.07. The number of nitrogens with zero attached hydrogens (tertiary/aromatic N) is 5. The van der Waals surface area contributed by atoms with E-state index in [0.717, 1.165) is 9.80 Å². The highest BCUT2D eigenvalue weighted by atomic mass is 32.1. The minimum absolute atomic E-state index is 0.0213. The molecule has 0 saturated carbocycles. The summed E-state index contributed by atoms with van der Waals surface area (Å²) >= 11 is 5.67. The lowest BCUT2D eigenvalue weighted by Gasteiger charge is -2.36. The monoisotopic (exact) mass is 1420 g/mol. The van der Waals surface area contributed by atoms with E-state index in [2.05, 4.69) is 31.9 Å². The molecule has 0 aromatic heterocycles. The minimum Gasteiger partial charge on any atom is -0.508 e. The highest BCUT2D eigenvalue weighted by Gasteiger charge is 2.54. The van der Waals surface area contributed by atoms with Crippen molar-refractivity contribution in [3.63, 3.8) is 0 Å². The number of aliphatic hydroxyl groups excluding tert-OH is 1. The molecule has 10 amide bonds. The zero-order valence-corrected chi connectivity index (χ0v) is 56.6. The van der Waals surface area contributed by atoms with E-state index in [0.29, 0.717) is 41.6 Å². The molecule has 0 unspecified atom stereocenters. The SMILES string of the molecule is C[C@@H]1NC(=O)[C@H]([C@@H](C)O)NC(=O)[C@@H]2CCCN2C(=O)[C@H](CCC(=O)O)NC(=O)CN(C(=O)CCCCNC(=S)Nc2ccc3c(c2)C2(OC3=O)c3ccc(O)cc3Oc3cc(O)ccc32)CCC/C=C/CN(CC(=O)N[C@@H](CCC(=O)O)C(N)=O)C(=O)[C@@H]2CCCN2C(=O)[C@@H]2CCCN2C1=O. The van der Waals surface area contributed by atoms with E-state index >= 15 is 0 Å². The molecule has 33 heteroatoms. The molecule has 6 aliphatic heterocycles. The van der Waals surface area contributed by atoms with Gasteiger partial charge in [-0.1, -0.05) is 12.2 Å². The van der Waals surface area contributed by atoms with Crippen molar-refractivity contribution in [1.29, 1.82) is 0 Å². The summed E-state index contributed by atoms with van der Waals surface area (Å²) in [5.74, 6) is -10.9. The number of amides is 10. The number of aliphatic carboxylic acids is 2. The number of carboxylic acid groups (broad SMARTS) is 2. The second-order valence-electron chi connectivity index (χ2n) is 25.8. The van der Waals surface area contributed by atoms with E-state index in [1.165, 1.54) is 52.8 Å². The third-order valence-electron chi connectivity index (χ3n) is 18.6. The quantitative estimate of drug-likeness (QED) is 0.0382. The van der Waals surface area contributed by atoms with Gasteiger partial charge in [0, 0.05) is 93.0 Å². The van der Waals surface area contributed by atoms with Gasteiger partial charge in [-0.05, 0) is 146 Å². The van der Waals surface area contributed by atoms with Gasteiger partial charge in [0.05, 0.1) is 24.8 Å². The number of nitrogens with two attached hydrogens (primary N) is 1. The second kappa shape index (κ2) is 33.2. The van der Waals surface area contributed by atoms with E-state index in [1.54, 1.807) is 42.5 Å². The minimum atomic E-state index is -1.69. The molecule has 542 valence electrons. The Bertz CT molecular complexity index is 3740. The summed E-state index contributed by atoms with van der Waals surface area (Å²) < 4.78 is 12.3. The molecule has 3 aromatic carbocycles. The lowest BCUT2D eigenvalue weighted by molar-refractivity contribution is -0.150. The van der Waals surface area contributed by atoms with Gasteiger partial charge in [-0.25, -0.2) is 4.79 Å². The maximum absolute atomic E-state index is 14.7. The van der Waals surface area contributed by atoms with Gasteiger partial charge in [0.15, 0.2) is 10.7 Å². The highest BCUT2D eigenvalue weighted by Crippen LogP contribution is 2.57. The van der Waals surface area contributed by atoms with Gasteiger partial charge in [-0.15, -0.1) is 0 Å². The smallest absolute Gasteiger partial charge is 0.340 e. The van der Waals surface area contributed by atoms with Gasteiger partial charge in [-0.3, -0.25) is 57.5 Å². The molecule has 101 heavy (non-hydrogen) atoms. The van der Waals surface area contributed by atoms with Gasteiger partial charge in [0.25, 0.3) is 0 Å². The summed E-state index contributed by atoms with van der Waals surface area (Å²) in [5.41, 5.74) is 5.94. The number of carbonyl (C=O) groups excluding carboxylic acids is 11. The van der Waals surface area contributed by atoms with Gasteiger partial charge in [-0.2, -0.15) is 0 Å². The fourth-order valence-corrected chi connectivity index (χ4v) is 13.8. The first-order chi connectivity index (χ1) is 48.1. The Morgan fingerprint density at radius 2 is 1.33 bits per heavy atom. The van der Waals surface area contributed by atoms with E-state index in [9.17, 15) is 87.9 Å². The van der Waals surface area contributed by atoms with Gasteiger partial charge in [0.1, 0.15) is 65.3 Å². The third kappa shape index (κ3) is 17.8. The second-order valence-corrected chi connectivity index (χ2v) is 26.2. The number of anilines is 1. The number of fused-ring (bicyclic) bond motifs is 9. The number of primary amides is 1. The molecule has 0 radical (unpaired) electrons. The normalized spacial score (nSPS) is 23.0. The van der Waals surface area contributed by atoms with Crippen LogP contribution >= 0.6 is 12.2 Å². The standard InChI is InChI=1S/C68H84N12O20S/c1-37-62(94)79-30-11-14-50(79)65(97)80-31-10-13-49(80)64(96)77(36-54(85)73-46(59(69)91)22-24-56(87)88)28-8-4-3-7-27-76(35-53(84)74-47(23-25-57(89)90)63(95)78-29-9-12-48(78)60(92)75-58(38(2)81)61(93)71-37)55(86)15-5-6-26-70-67(101)72-39-16-19-42-45(32-39)68(100-66(42)98)43-20-17-40(82)33-51(43)99-52-34-41(83)18-21-44(52)68/h4,8,16-21,32-34,37-38,46-50,58,81-83H,3,5-7,9-15,22-31,35-36H2,1-2H3,(H2,69,91)(H,71,93)(H,73,85)(H,74,84)(H,75,92)(H,87,88)(H,89,90)(H2,70,72,101)/b8-4+/t37-,38+,46-,47-,48-,49-,50-,58-/m0/s1. The molecule has 0 aliphatic carbocycles. The van der Waals surface area contributed by atoms with Crippen LogP contribution in [0.15, 0.2) is 66.7 Å². The van der Waals surface area contributed by atoms with Crippen LogP contribution in [-0.2, 0) is 67.9 Å². The number of rotatable bonds is 17. The number of aliphatic hydroxyl groups is 1. The number of hydrogen-bond donors (Lipinski definition) is 12. The fourth-order valence-electron chi connectivity index (χ4n) is 13.6. The molecule has 6 aliphatic rings. The molecule has 3 saturated heterocycles. The van der Waals surface area contributed by atoms with Crippen LogP contribution in [0, 0.1) is 0 Å². The topological polar surface area (TPSA) is 456 Å². The predicted molar refractivity (Wildman–Crippen MR) is 360 cm³/mol. The van der Waals surface area contributed by atoms with Crippen molar-refractivity contribution in [1.82, 2.24) is 51.1 Å². The average Bonchev–Trinajstić information content (AvgIpc) is 1.57. The number of esters is 1. The van der Waals surface area contributed by atoms with Crippen LogP contribution in [0.3, 0.4) is 0 Å². The fraction of sp³-hybridized carbons (Fsp3) is 0.500. The van der Waals surface area contributed by atoms with Crippen LogP contribution < -0.4 is 42.4 Å². The number of ether oxygens (including phenoxy) is 2. The number of carbonyl (C=O) groups is 13. The number of carboxylic acids is 2. The molecule has 0 bridgehead atoms.